The van der Waals surface area contributed by atoms with Crippen LogP contribution >= 0.6 is 11.8 Å². The third-order valence-corrected chi connectivity index (χ3v) is 5.26. The molecule has 0 saturated carbocycles. The summed E-state index contributed by atoms with van der Waals surface area (Å²) in [6, 6.07) is 5.46. The van der Waals surface area contributed by atoms with E-state index >= 15 is 0 Å². The van der Waals surface area contributed by atoms with E-state index in [1.165, 1.54) is 17.9 Å². The normalized spacial score (nSPS) is 18.4. The number of carboxylic acids is 1. The van der Waals surface area contributed by atoms with Crippen LogP contribution in [0.5, 0.6) is 0 Å². The number of nitrogens with zero attached hydrogens (tertiary/aromatic N) is 2. The van der Waals surface area contributed by atoms with E-state index in [2.05, 4.69) is 16.5 Å². The molecule has 0 radical (unpaired) electrons. The summed E-state index contributed by atoms with van der Waals surface area (Å²) >= 11 is 2.01. The number of para-hydroxylation sites is 1. The third-order valence-electron chi connectivity index (χ3n) is 4.03. The predicted molar refractivity (Wildman–Crippen MR) is 86.1 cm³/mol. The van der Waals surface area contributed by atoms with Gasteiger partial charge in [-0.05, 0) is 42.4 Å². The van der Waals surface area contributed by atoms with Gasteiger partial charge in [0.05, 0.1) is 11.1 Å². The Kier molecular flexibility index (Phi) is 4.19. The van der Waals surface area contributed by atoms with Crippen molar-refractivity contribution in [3.63, 3.8) is 0 Å². The summed E-state index contributed by atoms with van der Waals surface area (Å²) in [5.74, 6) is 3.24. The third kappa shape index (κ3) is 2.79. The first kappa shape index (κ1) is 14.4. The van der Waals surface area contributed by atoms with Gasteiger partial charge in [0.15, 0.2) is 0 Å². The number of fused-ring (bicyclic) bond motifs is 1. The lowest BCUT2D eigenvalue weighted by atomic mass is 10.1. The highest BCUT2D eigenvalue weighted by Gasteiger charge is 2.21. The second-order valence-electron chi connectivity index (χ2n) is 5.60. The molecule has 0 amide bonds. The minimum Gasteiger partial charge on any atom is -0.478 e. The lowest BCUT2D eigenvalue weighted by Crippen LogP contribution is -2.12. The van der Waals surface area contributed by atoms with Crippen LogP contribution in [0.3, 0.4) is 0 Å². The zero-order valence-electron chi connectivity index (χ0n) is 12.2. The smallest absolute Gasteiger partial charge is 0.337 e. The minimum absolute atomic E-state index is 0.310. The number of aromatic nitrogens is 2. The molecular weight excluding hydrogens is 284 g/mol. The number of rotatable bonds is 5. The molecule has 0 aliphatic carbocycles. The van der Waals surface area contributed by atoms with Gasteiger partial charge in [0.25, 0.3) is 0 Å². The molecule has 1 fully saturated rings. The molecule has 1 aliphatic heterocycles. The van der Waals surface area contributed by atoms with E-state index in [1.54, 1.807) is 6.07 Å². The second kappa shape index (κ2) is 6.10. The predicted octanol–water partition coefficient (Wildman–Crippen LogP) is 3.44. The lowest BCUT2D eigenvalue weighted by molar-refractivity contribution is 0.0699. The van der Waals surface area contributed by atoms with Crippen LogP contribution in [-0.4, -0.2) is 32.1 Å². The standard InChI is InChI=1S/C16H20N2O2S/c1-2-4-14-17-15-12(16(19)20)5-3-6-13(15)18(14)9-11-7-8-21-10-11/h3,5-6,11H,2,4,7-10H2,1H3,(H,19,20). The van der Waals surface area contributed by atoms with Gasteiger partial charge < -0.3 is 9.67 Å². The number of thioether (sulfide) groups is 1. The largest absolute Gasteiger partial charge is 0.478 e. The van der Waals surface area contributed by atoms with E-state index in [4.69, 9.17) is 0 Å². The highest BCUT2D eigenvalue weighted by molar-refractivity contribution is 7.99. The van der Waals surface area contributed by atoms with E-state index in [9.17, 15) is 9.90 Å². The summed E-state index contributed by atoms with van der Waals surface area (Å²) < 4.78 is 2.25. The Balaban J connectivity index is 2.08. The maximum atomic E-state index is 11.4. The lowest BCUT2D eigenvalue weighted by Gasteiger charge is -2.13. The van der Waals surface area contributed by atoms with Crippen LogP contribution in [0.4, 0.5) is 0 Å². The first-order valence-electron chi connectivity index (χ1n) is 7.50. The van der Waals surface area contributed by atoms with Crippen molar-refractivity contribution in [2.75, 3.05) is 11.5 Å². The molecule has 1 aromatic heterocycles. The van der Waals surface area contributed by atoms with Gasteiger partial charge in [-0.3, -0.25) is 0 Å². The van der Waals surface area contributed by atoms with Crippen molar-refractivity contribution in [3.8, 4) is 0 Å². The summed E-state index contributed by atoms with van der Waals surface area (Å²) in [6.45, 7) is 3.09. The molecule has 1 aliphatic rings. The van der Waals surface area contributed by atoms with Crippen LogP contribution in [0.15, 0.2) is 18.2 Å². The summed E-state index contributed by atoms with van der Waals surface area (Å²) in [4.78, 5) is 16.0. The fourth-order valence-corrected chi connectivity index (χ4v) is 4.24. The van der Waals surface area contributed by atoms with Crippen LogP contribution < -0.4 is 0 Å². The number of aryl methyl sites for hydroxylation is 1. The van der Waals surface area contributed by atoms with Gasteiger partial charge >= 0.3 is 5.97 Å². The maximum absolute atomic E-state index is 11.4. The molecule has 4 nitrogen and oxygen atoms in total. The molecule has 112 valence electrons. The minimum atomic E-state index is -0.898. The number of imidazole rings is 1. The Morgan fingerprint density at radius 1 is 1.52 bits per heavy atom. The zero-order valence-corrected chi connectivity index (χ0v) is 13.0. The number of carbonyl (C=O) groups is 1. The highest BCUT2D eigenvalue weighted by atomic mass is 32.2. The topological polar surface area (TPSA) is 55.1 Å². The number of hydrogen-bond acceptors (Lipinski definition) is 3. The monoisotopic (exact) mass is 304 g/mol. The van der Waals surface area contributed by atoms with Crippen molar-refractivity contribution in [3.05, 3.63) is 29.6 Å². The van der Waals surface area contributed by atoms with E-state index in [-0.39, 0.29) is 0 Å². The van der Waals surface area contributed by atoms with Gasteiger partial charge in [0, 0.05) is 13.0 Å². The van der Waals surface area contributed by atoms with Gasteiger partial charge in [-0.1, -0.05) is 13.0 Å². The van der Waals surface area contributed by atoms with Crippen LogP contribution in [0.1, 0.15) is 35.9 Å². The van der Waals surface area contributed by atoms with E-state index < -0.39 is 5.97 Å². The van der Waals surface area contributed by atoms with Gasteiger partial charge in [-0.2, -0.15) is 11.8 Å². The van der Waals surface area contributed by atoms with Crippen molar-refractivity contribution < 1.29 is 9.90 Å². The fraction of sp³-hybridized carbons (Fsp3) is 0.500. The average Bonchev–Trinajstić information content (AvgIpc) is 3.08. The summed E-state index contributed by atoms with van der Waals surface area (Å²) in [6.07, 6.45) is 3.16. The molecule has 2 aromatic rings. The van der Waals surface area contributed by atoms with Crippen molar-refractivity contribution in [2.45, 2.75) is 32.7 Å². The number of aromatic carboxylic acids is 1. The number of carboxylic acid groups (broad SMARTS) is 1. The molecule has 1 unspecified atom stereocenters. The van der Waals surface area contributed by atoms with Crippen molar-refractivity contribution in [2.24, 2.45) is 5.92 Å². The fourth-order valence-electron chi connectivity index (χ4n) is 2.97. The van der Waals surface area contributed by atoms with E-state index in [0.29, 0.717) is 17.0 Å². The van der Waals surface area contributed by atoms with E-state index in [0.717, 1.165) is 30.7 Å². The van der Waals surface area contributed by atoms with Crippen molar-refractivity contribution in [1.29, 1.82) is 0 Å². The van der Waals surface area contributed by atoms with Gasteiger partial charge in [0.2, 0.25) is 0 Å². The molecule has 5 heteroatoms. The van der Waals surface area contributed by atoms with Crippen molar-refractivity contribution in [1.82, 2.24) is 9.55 Å². The van der Waals surface area contributed by atoms with Gasteiger partial charge in [-0.15, -0.1) is 0 Å². The van der Waals surface area contributed by atoms with Gasteiger partial charge in [-0.25, -0.2) is 9.78 Å². The zero-order chi connectivity index (χ0) is 14.8. The number of benzene rings is 1. The molecule has 21 heavy (non-hydrogen) atoms. The highest BCUT2D eigenvalue weighted by Crippen LogP contribution is 2.28. The molecule has 3 rings (SSSR count). The molecule has 0 bridgehead atoms. The first-order valence-corrected chi connectivity index (χ1v) is 8.65. The Morgan fingerprint density at radius 3 is 3.05 bits per heavy atom. The SMILES string of the molecule is CCCc1nc2c(C(=O)O)cccc2n1CC1CCSC1. The molecular formula is C16H20N2O2S. The van der Waals surface area contributed by atoms with Crippen molar-refractivity contribution >= 4 is 28.8 Å². The molecule has 1 saturated heterocycles. The summed E-state index contributed by atoms with van der Waals surface area (Å²) in [5, 5.41) is 9.34. The Hall–Kier alpha value is -1.49. The summed E-state index contributed by atoms with van der Waals surface area (Å²) in [5.41, 5.74) is 1.92. The molecule has 1 aromatic carbocycles. The van der Waals surface area contributed by atoms with Crippen LogP contribution in [-0.2, 0) is 13.0 Å². The molecule has 1 N–H and O–H groups in total. The Morgan fingerprint density at radius 2 is 2.38 bits per heavy atom. The molecule has 2 heterocycles. The number of hydrogen-bond donors (Lipinski definition) is 1. The maximum Gasteiger partial charge on any atom is 0.337 e. The quantitative estimate of drug-likeness (QED) is 0.919. The van der Waals surface area contributed by atoms with E-state index in [1.807, 2.05) is 23.9 Å². The first-order chi connectivity index (χ1) is 10.2. The molecule has 0 spiro atoms. The molecule has 1 atom stereocenters. The van der Waals surface area contributed by atoms with Gasteiger partial charge in [0.1, 0.15) is 11.3 Å². The van der Waals surface area contributed by atoms with Crippen LogP contribution in [0, 0.1) is 5.92 Å². The average molecular weight is 304 g/mol. The summed E-state index contributed by atoms with van der Waals surface area (Å²) in [7, 11) is 0. The Bertz CT molecular complexity index is 660. The Labute approximate surface area is 128 Å². The van der Waals surface area contributed by atoms with Crippen LogP contribution in [0.25, 0.3) is 11.0 Å². The van der Waals surface area contributed by atoms with Crippen LogP contribution in [0.2, 0.25) is 0 Å². The second-order valence-corrected chi connectivity index (χ2v) is 6.75.